The molecule has 0 aromatic heterocycles. The smallest absolute Gasteiger partial charge is 0.0266 e. The molecule has 1 rings (SSSR count). The average Bonchev–Trinajstić information content (AvgIpc) is 2.15. The van der Waals surface area contributed by atoms with Crippen molar-refractivity contribution < 1.29 is 0 Å². The number of rotatable bonds is 4. The van der Waals surface area contributed by atoms with Crippen LogP contribution in [-0.4, -0.2) is 0 Å². The SMILES string of the molecule is CCCCc1cccc(C(C)N)c1. The molecule has 13 heavy (non-hydrogen) atoms. The first-order chi connectivity index (χ1) is 6.24. The largest absolute Gasteiger partial charge is 0.324 e. The number of hydrogen-bond donors (Lipinski definition) is 1. The van der Waals surface area contributed by atoms with Crippen LogP contribution in [0.15, 0.2) is 24.3 Å². The summed E-state index contributed by atoms with van der Waals surface area (Å²) >= 11 is 0. The maximum Gasteiger partial charge on any atom is 0.0266 e. The molecule has 0 amide bonds. The van der Waals surface area contributed by atoms with Crippen molar-refractivity contribution >= 4 is 0 Å². The molecule has 0 saturated carbocycles. The van der Waals surface area contributed by atoms with Gasteiger partial charge in [0.15, 0.2) is 0 Å². The molecule has 1 atom stereocenters. The molecule has 0 bridgehead atoms. The number of hydrogen-bond acceptors (Lipinski definition) is 1. The van der Waals surface area contributed by atoms with Gasteiger partial charge in [0.1, 0.15) is 0 Å². The van der Waals surface area contributed by atoms with Crippen LogP contribution in [0.2, 0.25) is 0 Å². The lowest BCUT2D eigenvalue weighted by molar-refractivity contribution is 0.783. The van der Waals surface area contributed by atoms with E-state index >= 15 is 0 Å². The number of unbranched alkanes of at least 4 members (excludes halogenated alkanes) is 1. The monoisotopic (exact) mass is 177 g/mol. The lowest BCUT2D eigenvalue weighted by Gasteiger charge is -2.07. The fourth-order valence-electron chi connectivity index (χ4n) is 1.41. The van der Waals surface area contributed by atoms with Gasteiger partial charge in [-0.1, -0.05) is 37.6 Å². The summed E-state index contributed by atoms with van der Waals surface area (Å²) < 4.78 is 0. The van der Waals surface area contributed by atoms with Crippen molar-refractivity contribution in [2.75, 3.05) is 0 Å². The second-order valence-corrected chi connectivity index (χ2v) is 3.64. The topological polar surface area (TPSA) is 26.0 Å². The zero-order valence-corrected chi connectivity index (χ0v) is 8.59. The van der Waals surface area contributed by atoms with Gasteiger partial charge in [0, 0.05) is 6.04 Å². The molecule has 0 radical (unpaired) electrons. The van der Waals surface area contributed by atoms with E-state index in [1.54, 1.807) is 0 Å². The van der Waals surface area contributed by atoms with E-state index in [-0.39, 0.29) is 6.04 Å². The van der Waals surface area contributed by atoms with Crippen molar-refractivity contribution in [1.29, 1.82) is 0 Å². The van der Waals surface area contributed by atoms with Crippen LogP contribution >= 0.6 is 0 Å². The lowest BCUT2D eigenvalue weighted by Crippen LogP contribution is -2.05. The van der Waals surface area contributed by atoms with E-state index in [1.807, 2.05) is 6.92 Å². The Bertz CT molecular complexity index is 253. The Morgan fingerprint density at radius 3 is 2.77 bits per heavy atom. The predicted molar refractivity (Wildman–Crippen MR) is 57.7 cm³/mol. The Morgan fingerprint density at radius 2 is 2.15 bits per heavy atom. The van der Waals surface area contributed by atoms with Crippen LogP contribution in [0.5, 0.6) is 0 Å². The summed E-state index contributed by atoms with van der Waals surface area (Å²) in [5, 5.41) is 0. The Hall–Kier alpha value is -0.820. The van der Waals surface area contributed by atoms with E-state index in [4.69, 9.17) is 5.73 Å². The van der Waals surface area contributed by atoms with Gasteiger partial charge in [-0.2, -0.15) is 0 Å². The molecule has 2 N–H and O–H groups in total. The third-order valence-corrected chi connectivity index (χ3v) is 2.30. The first kappa shape index (κ1) is 10.3. The van der Waals surface area contributed by atoms with E-state index in [0.717, 1.165) is 0 Å². The van der Waals surface area contributed by atoms with E-state index in [2.05, 4.69) is 31.2 Å². The highest BCUT2D eigenvalue weighted by atomic mass is 14.6. The van der Waals surface area contributed by atoms with Crippen LogP contribution in [0, 0.1) is 0 Å². The number of nitrogens with two attached hydrogens (primary N) is 1. The van der Waals surface area contributed by atoms with E-state index in [1.165, 1.54) is 30.4 Å². The Morgan fingerprint density at radius 1 is 1.38 bits per heavy atom. The van der Waals surface area contributed by atoms with Gasteiger partial charge in [-0.25, -0.2) is 0 Å². The standard InChI is InChI=1S/C12H19N/c1-3-4-6-11-7-5-8-12(9-11)10(2)13/h5,7-10H,3-4,6,13H2,1-2H3. The summed E-state index contributed by atoms with van der Waals surface area (Å²) in [6.45, 7) is 4.24. The first-order valence-electron chi connectivity index (χ1n) is 5.08. The van der Waals surface area contributed by atoms with Gasteiger partial charge in [0.25, 0.3) is 0 Å². The summed E-state index contributed by atoms with van der Waals surface area (Å²) in [6.07, 6.45) is 3.70. The highest BCUT2D eigenvalue weighted by Crippen LogP contribution is 2.13. The van der Waals surface area contributed by atoms with Gasteiger partial charge in [-0.05, 0) is 30.9 Å². The molecule has 0 aliphatic rings. The number of benzene rings is 1. The van der Waals surface area contributed by atoms with E-state index in [0.29, 0.717) is 0 Å². The molecule has 72 valence electrons. The summed E-state index contributed by atoms with van der Waals surface area (Å²) in [5.74, 6) is 0. The van der Waals surface area contributed by atoms with E-state index < -0.39 is 0 Å². The molecule has 1 heteroatoms. The third kappa shape index (κ3) is 3.19. The molecule has 1 aromatic rings. The predicted octanol–water partition coefficient (Wildman–Crippen LogP) is 3.05. The first-order valence-corrected chi connectivity index (χ1v) is 5.08. The molecule has 0 fully saturated rings. The summed E-state index contributed by atoms with van der Waals surface area (Å²) in [7, 11) is 0. The maximum atomic E-state index is 5.81. The minimum atomic E-state index is 0.154. The average molecular weight is 177 g/mol. The fourth-order valence-corrected chi connectivity index (χ4v) is 1.41. The second kappa shape index (κ2) is 5.03. The van der Waals surface area contributed by atoms with Crippen molar-refractivity contribution in [2.24, 2.45) is 5.73 Å². The van der Waals surface area contributed by atoms with Crippen molar-refractivity contribution in [1.82, 2.24) is 0 Å². The Labute approximate surface area is 81.0 Å². The van der Waals surface area contributed by atoms with Gasteiger partial charge in [-0.15, -0.1) is 0 Å². The maximum absolute atomic E-state index is 5.81. The lowest BCUT2D eigenvalue weighted by atomic mass is 10.0. The molecule has 0 spiro atoms. The van der Waals surface area contributed by atoms with Crippen LogP contribution in [-0.2, 0) is 6.42 Å². The van der Waals surface area contributed by atoms with Crippen molar-refractivity contribution in [2.45, 2.75) is 39.2 Å². The molecular formula is C12H19N. The third-order valence-electron chi connectivity index (χ3n) is 2.30. The second-order valence-electron chi connectivity index (χ2n) is 3.64. The summed E-state index contributed by atoms with van der Waals surface area (Å²) in [4.78, 5) is 0. The van der Waals surface area contributed by atoms with Gasteiger partial charge >= 0.3 is 0 Å². The molecule has 1 nitrogen and oxygen atoms in total. The van der Waals surface area contributed by atoms with Crippen LogP contribution in [0.4, 0.5) is 0 Å². The molecule has 1 aromatic carbocycles. The zero-order chi connectivity index (χ0) is 9.68. The molecule has 0 aliphatic heterocycles. The van der Waals surface area contributed by atoms with Crippen LogP contribution in [0.1, 0.15) is 43.9 Å². The van der Waals surface area contributed by atoms with Crippen LogP contribution in [0.25, 0.3) is 0 Å². The van der Waals surface area contributed by atoms with Crippen molar-refractivity contribution in [3.63, 3.8) is 0 Å². The highest BCUT2D eigenvalue weighted by Gasteiger charge is 1.99. The molecule has 0 heterocycles. The molecule has 0 saturated heterocycles. The Balaban J connectivity index is 2.68. The fraction of sp³-hybridized carbons (Fsp3) is 0.500. The van der Waals surface area contributed by atoms with E-state index in [9.17, 15) is 0 Å². The van der Waals surface area contributed by atoms with Crippen molar-refractivity contribution in [3.8, 4) is 0 Å². The summed E-state index contributed by atoms with van der Waals surface area (Å²) in [6, 6.07) is 8.76. The number of aryl methyl sites for hydroxylation is 1. The van der Waals surface area contributed by atoms with Gasteiger partial charge in [0.2, 0.25) is 0 Å². The zero-order valence-electron chi connectivity index (χ0n) is 8.59. The molecule has 1 unspecified atom stereocenters. The van der Waals surface area contributed by atoms with Gasteiger partial charge in [-0.3, -0.25) is 0 Å². The van der Waals surface area contributed by atoms with Crippen LogP contribution < -0.4 is 5.73 Å². The van der Waals surface area contributed by atoms with Crippen LogP contribution in [0.3, 0.4) is 0 Å². The molecular weight excluding hydrogens is 158 g/mol. The van der Waals surface area contributed by atoms with Crippen molar-refractivity contribution in [3.05, 3.63) is 35.4 Å². The van der Waals surface area contributed by atoms with Gasteiger partial charge in [0.05, 0.1) is 0 Å². The quantitative estimate of drug-likeness (QED) is 0.751. The summed E-state index contributed by atoms with van der Waals surface area (Å²) in [5.41, 5.74) is 8.47. The Kier molecular flexibility index (Phi) is 3.97. The molecule has 0 aliphatic carbocycles. The normalized spacial score (nSPS) is 12.8. The minimum Gasteiger partial charge on any atom is -0.324 e. The minimum absolute atomic E-state index is 0.154. The highest BCUT2D eigenvalue weighted by molar-refractivity contribution is 5.25. The van der Waals surface area contributed by atoms with Gasteiger partial charge < -0.3 is 5.73 Å².